The van der Waals surface area contributed by atoms with E-state index in [0.717, 1.165) is 0 Å². The molecule has 0 saturated carbocycles. The average Bonchev–Trinajstić information content (AvgIpc) is 3.00. The third kappa shape index (κ3) is 1.89. The van der Waals surface area contributed by atoms with Crippen molar-refractivity contribution in [3.8, 4) is 5.75 Å². The zero-order valence-electron chi connectivity index (χ0n) is 10.9. The highest BCUT2D eigenvalue weighted by Gasteiger charge is 2.29. The Kier molecular flexibility index (Phi) is 2.85. The van der Waals surface area contributed by atoms with E-state index in [1.165, 1.54) is 22.8 Å². The van der Waals surface area contributed by atoms with Crippen LogP contribution in [0, 0.1) is 0 Å². The number of carbonyl (C=O) groups is 1. The lowest BCUT2D eigenvalue weighted by Gasteiger charge is -2.13. The highest BCUT2D eigenvalue weighted by molar-refractivity contribution is 5.72. The average molecular weight is 278 g/mol. The van der Waals surface area contributed by atoms with Gasteiger partial charge in [-0.25, -0.2) is 14.6 Å². The molecule has 2 aromatic rings. The molecule has 0 aromatic carbocycles. The molecule has 20 heavy (non-hydrogen) atoms. The molecule has 1 atom stereocenters. The third-order valence-electron chi connectivity index (χ3n) is 3.56. The SMILES string of the molecule is COc1cnc2c(c1)[nH]c(=O)n2[C@H]1CCN(C(=O)O)C1. The van der Waals surface area contributed by atoms with Crippen LogP contribution in [0.15, 0.2) is 17.1 Å². The summed E-state index contributed by atoms with van der Waals surface area (Å²) in [7, 11) is 1.53. The van der Waals surface area contributed by atoms with Crippen molar-refractivity contribution in [1.29, 1.82) is 0 Å². The molecular weight excluding hydrogens is 264 g/mol. The van der Waals surface area contributed by atoms with Gasteiger partial charge in [-0.3, -0.25) is 4.57 Å². The Bertz CT molecular complexity index is 720. The van der Waals surface area contributed by atoms with Gasteiger partial charge in [-0.1, -0.05) is 0 Å². The van der Waals surface area contributed by atoms with Crippen LogP contribution in [0.2, 0.25) is 0 Å². The van der Waals surface area contributed by atoms with Crippen LogP contribution in [-0.4, -0.2) is 50.8 Å². The minimum absolute atomic E-state index is 0.187. The molecule has 0 unspecified atom stereocenters. The number of rotatable bonds is 2. The van der Waals surface area contributed by atoms with Crippen molar-refractivity contribution >= 4 is 17.3 Å². The minimum Gasteiger partial charge on any atom is -0.495 e. The maximum Gasteiger partial charge on any atom is 0.407 e. The maximum atomic E-state index is 12.1. The van der Waals surface area contributed by atoms with Crippen molar-refractivity contribution < 1.29 is 14.6 Å². The summed E-state index contributed by atoms with van der Waals surface area (Å²) in [5.74, 6) is 0.560. The molecule has 0 bridgehead atoms. The summed E-state index contributed by atoms with van der Waals surface area (Å²) in [4.78, 5) is 31.3. The fourth-order valence-corrected chi connectivity index (χ4v) is 2.57. The van der Waals surface area contributed by atoms with Crippen LogP contribution >= 0.6 is 0 Å². The molecule has 8 nitrogen and oxygen atoms in total. The van der Waals surface area contributed by atoms with Crippen molar-refractivity contribution in [2.24, 2.45) is 0 Å². The summed E-state index contributed by atoms with van der Waals surface area (Å²) in [5.41, 5.74) is 0.828. The number of hydrogen-bond donors (Lipinski definition) is 2. The fraction of sp³-hybridized carbons (Fsp3) is 0.417. The first-order valence-electron chi connectivity index (χ1n) is 6.22. The van der Waals surface area contributed by atoms with Crippen LogP contribution in [-0.2, 0) is 0 Å². The standard InChI is InChI=1S/C12H14N4O4/c1-20-8-4-9-10(13-5-8)16(11(17)14-9)7-2-3-15(6-7)12(18)19/h4-5,7H,2-3,6H2,1H3,(H,14,17)(H,18,19)/t7-/m0/s1. The third-order valence-corrected chi connectivity index (χ3v) is 3.56. The molecule has 1 saturated heterocycles. The van der Waals surface area contributed by atoms with E-state index < -0.39 is 6.09 Å². The second-order valence-corrected chi connectivity index (χ2v) is 4.72. The smallest absolute Gasteiger partial charge is 0.407 e. The number of aromatic nitrogens is 3. The molecule has 8 heteroatoms. The van der Waals surface area contributed by atoms with E-state index in [-0.39, 0.29) is 11.7 Å². The van der Waals surface area contributed by atoms with E-state index in [2.05, 4.69) is 9.97 Å². The number of nitrogens with zero attached hydrogens (tertiary/aromatic N) is 3. The lowest BCUT2D eigenvalue weighted by atomic mass is 10.2. The first kappa shape index (κ1) is 12.5. The normalized spacial score (nSPS) is 18.6. The van der Waals surface area contributed by atoms with Gasteiger partial charge in [0.2, 0.25) is 0 Å². The van der Waals surface area contributed by atoms with Crippen LogP contribution in [0.5, 0.6) is 5.75 Å². The lowest BCUT2D eigenvalue weighted by molar-refractivity contribution is 0.154. The van der Waals surface area contributed by atoms with Gasteiger partial charge in [-0.15, -0.1) is 0 Å². The zero-order chi connectivity index (χ0) is 14.3. The first-order valence-corrected chi connectivity index (χ1v) is 6.22. The van der Waals surface area contributed by atoms with E-state index in [9.17, 15) is 9.59 Å². The summed E-state index contributed by atoms with van der Waals surface area (Å²) in [6.45, 7) is 0.727. The van der Waals surface area contributed by atoms with Gasteiger partial charge < -0.3 is 19.7 Å². The summed E-state index contributed by atoms with van der Waals surface area (Å²) >= 11 is 0. The molecular formula is C12H14N4O4. The van der Waals surface area contributed by atoms with Crippen molar-refractivity contribution in [2.45, 2.75) is 12.5 Å². The topological polar surface area (TPSA) is 100 Å². The molecule has 1 aliphatic heterocycles. The monoisotopic (exact) mass is 278 g/mol. The van der Waals surface area contributed by atoms with E-state index in [4.69, 9.17) is 9.84 Å². The second kappa shape index (κ2) is 4.55. The van der Waals surface area contributed by atoms with Crippen LogP contribution in [0.25, 0.3) is 11.2 Å². The number of aromatic amines is 1. The highest BCUT2D eigenvalue weighted by atomic mass is 16.5. The molecule has 1 amide bonds. The van der Waals surface area contributed by atoms with Crippen molar-refractivity contribution in [3.63, 3.8) is 0 Å². The summed E-state index contributed by atoms with van der Waals surface area (Å²) in [6.07, 6.45) is 1.18. The van der Waals surface area contributed by atoms with Gasteiger partial charge in [-0.2, -0.15) is 0 Å². The van der Waals surface area contributed by atoms with Crippen LogP contribution in [0.1, 0.15) is 12.5 Å². The van der Waals surface area contributed by atoms with Gasteiger partial charge in [0.25, 0.3) is 0 Å². The van der Waals surface area contributed by atoms with Gasteiger partial charge in [-0.05, 0) is 6.42 Å². The summed E-state index contributed by atoms with van der Waals surface area (Å²) in [5, 5.41) is 8.98. The van der Waals surface area contributed by atoms with Gasteiger partial charge in [0.05, 0.1) is 24.9 Å². The maximum absolute atomic E-state index is 12.1. The molecule has 0 radical (unpaired) electrons. The van der Waals surface area contributed by atoms with Gasteiger partial charge >= 0.3 is 11.8 Å². The number of ether oxygens (including phenoxy) is 1. The molecule has 3 heterocycles. The molecule has 1 fully saturated rings. The predicted molar refractivity (Wildman–Crippen MR) is 70.2 cm³/mol. The van der Waals surface area contributed by atoms with Crippen LogP contribution in [0.3, 0.4) is 0 Å². The Morgan fingerprint density at radius 2 is 2.40 bits per heavy atom. The van der Waals surface area contributed by atoms with Gasteiger partial charge in [0.1, 0.15) is 5.75 Å². The summed E-state index contributed by atoms with van der Waals surface area (Å²) < 4.78 is 6.59. The number of nitrogens with one attached hydrogen (secondary N) is 1. The van der Waals surface area contributed by atoms with E-state index in [0.29, 0.717) is 36.4 Å². The van der Waals surface area contributed by atoms with E-state index in [1.807, 2.05) is 0 Å². The molecule has 0 spiro atoms. The van der Waals surface area contributed by atoms with Crippen molar-refractivity contribution in [3.05, 3.63) is 22.7 Å². The zero-order valence-corrected chi connectivity index (χ0v) is 10.9. The number of imidazole rings is 1. The molecule has 106 valence electrons. The number of hydrogen-bond acceptors (Lipinski definition) is 4. The molecule has 1 aliphatic rings. The Labute approximate surface area is 113 Å². The van der Waals surface area contributed by atoms with E-state index >= 15 is 0 Å². The van der Waals surface area contributed by atoms with Crippen molar-refractivity contribution in [2.75, 3.05) is 20.2 Å². The lowest BCUT2D eigenvalue weighted by Crippen LogP contribution is -2.29. The Morgan fingerprint density at radius 3 is 3.05 bits per heavy atom. The van der Waals surface area contributed by atoms with Gasteiger partial charge in [0.15, 0.2) is 5.65 Å². The number of H-pyrrole nitrogens is 1. The van der Waals surface area contributed by atoms with E-state index in [1.54, 1.807) is 6.07 Å². The molecule has 3 rings (SSSR count). The Hall–Kier alpha value is -2.51. The molecule has 2 aromatic heterocycles. The number of pyridine rings is 1. The highest BCUT2D eigenvalue weighted by Crippen LogP contribution is 2.24. The minimum atomic E-state index is -0.963. The first-order chi connectivity index (χ1) is 9.60. The van der Waals surface area contributed by atoms with Gasteiger partial charge in [0, 0.05) is 19.2 Å². The van der Waals surface area contributed by atoms with Crippen LogP contribution in [0.4, 0.5) is 4.79 Å². The fourth-order valence-electron chi connectivity index (χ4n) is 2.57. The summed E-state index contributed by atoms with van der Waals surface area (Å²) in [6, 6.07) is 1.51. The number of methoxy groups -OCH3 is 1. The largest absolute Gasteiger partial charge is 0.495 e. The quantitative estimate of drug-likeness (QED) is 0.840. The Balaban J connectivity index is 2.02. The number of fused-ring (bicyclic) bond motifs is 1. The number of amides is 1. The van der Waals surface area contributed by atoms with Crippen LogP contribution < -0.4 is 10.4 Å². The second-order valence-electron chi connectivity index (χ2n) is 4.72. The molecule has 2 N–H and O–H groups in total. The Morgan fingerprint density at radius 1 is 1.60 bits per heavy atom. The predicted octanol–water partition coefficient (Wildman–Crippen LogP) is 0.658. The van der Waals surface area contributed by atoms with Crippen molar-refractivity contribution in [1.82, 2.24) is 19.4 Å². The number of likely N-dealkylation sites (tertiary alicyclic amines) is 1. The molecule has 0 aliphatic carbocycles. The number of carboxylic acid groups (broad SMARTS) is 1.